The number of hydrogen-bond donors (Lipinski definition) is 3. The Hall–Kier alpha value is -1.52. The van der Waals surface area contributed by atoms with Gasteiger partial charge in [0.05, 0.1) is 0 Å². The van der Waals surface area contributed by atoms with E-state index in [1.165, 1.54) is 0 Å². The molecule has 2 amide bonds. The Bertz CT molecular complexity index is 290. The van der Waals surface area contributed by atoms with Crippen molar-refractivity contribution in [2.75, 3.05) is 6.54 Å². The van der Waals surface area contributed by atoms with Crippen LogP contribution in [0.5, 0.6) is 0 Å². The summed E-state index contributed by atoms with van der Waals surface area (Å²) >= 11 is 0. The van der Waals surface area contributed by atoms with Crippen molar-refractivity contribution in [3.8, 4) is 0 Å². The van der Waals surface area contributed by atoms with Crippen molar-refractivity contribution >= 4 is 12.0 Å². The van der Waals surface area contributed by atoms with Crippen molar-refractivity contribution in [3.05, 3.63) is 12.7 Å². The van der Waals surface area contributed by atoms with Crippen molar-refractivity contribution < 1.29 is 14.7 Å². The predicted octanol–water partition coefficient (Wildman–Crippen LogP) is 2.00. The molecule has 1 unspecified atom stereocenters. The molecule has 0 spiro atoms. The number of amides is 2. The second-order valence-corrected chi connectivity index (χ2v) is 4.97. The zero-order valence-corrected chi connectivity index (χ0v) is 11.4. The van der Waals surface area contributed by atoms with Gasteiger partial charge in [0, 0.05) is 19.0 Å². The molecule has 0 aromatic carbocycles. The summed E-state index contributed by atoms with van der Waals surface area (Å²) in [5.74, 6) is -0.457. The van der Waals surface area contributed by atoms with Crippen LogP contribution < -0.4 is 10.6 Å². The standard InChI is InChI=1S/C13H24N2O3/c1-5-10(4)15-13(18)14-8-11(6-9(2)3)7-12(16)17/h5,9-11H,1,6-8H2,2-4H3,(H,16,17)(H2,14,15,18)/t10?,11-/m0/s1. The number of aliphatic carboxylic acids is 1. The first kappa shape index (κ1) is 16.5. The van der Waals surface area contributed by atoms with Gasteiger partial charge in [0.1, 0.15) is 0 Å². The zero-order valence-electron chi connectivity index (χ0n) is 11.4. The maximum atomic E-state index is 11.5. The Morgan fingerprint density at radius 2 is 1.94 bits per heavy atom. The largest absolute Gasteiger partial charge is 0.481 e. The van der Waals surface area contributed by atoms with E-state index in [1.54, 1.807) is 6.08 Å². The van der Waals surface area contributed by atoms with Gasteiger partial charge in [0.2, 0.25) is 0 Å². The Labute approximate surface area is 109 Å². The fourth-order valence-electron chi connectivity index (χ4n) is 1.71. The molecule has 18 heavy (non-hydrogen) atoms. The lowest BCUT2D eigenvalue weighted by molar-refractivity contribution is -0.138. The van der Waals surface area contributed by atoms with E-state index in [0.717, 1.165) is 6.42 Å². The molecule has 0 aliphatic rings. The SMILES string of the molecule is C=CC(C)NC(=O)NC[C@H](CC(=O)O)CC(C)C. The summed E-state index contributed by atoms with van der Waals surface area (Å²) < 4.78 is 0. The molecule has 0 aliphatic carbocycles. The number of nitrogens with one attached hydrogen (secondary N) is 2. The maximum absolute atomic E-state index is 11.5. The van der Waals surface area contributed by atoms with Crippen LogP contribution in [0.15, 0.2) is 12.7 Å². The Kier molecular flexibility index (Phi) is 7.83. The molecule has 0 radical (unpaired) electrons. The average Bonchev–Trinajstić information content (AvgIpc) is 2.24. The second-order valence-electron chi connectivity index (χ2n) is 4.97. The average molecular weight is 256 g/mol. The minimum absolute atomic E-state index is 0.0349. The number of carbonyl (C=O) groups is 2. The molecule has 0 saturated heterocycles. The molecule has 5 heteroatoms. The molecule has 5 nitrogen and oxygen atoms in total. The molecule has 0 aliphatic heterocycles. The Balaban J connectivity index is 4.12. The molecule has 104 valence electrons. The van der Waals surface area contributed by atoms with Crippen LogP contribution in [0.3, 0.4) is 0 Å². The first-order valence-corrected chi connectivity index (χ1v) is 6.23. The lowest BCUT2D eigenvalue weighted by atomic mass is 9.94. The molecule has 0 aromatic heterocycles. The topological polar surface area (TPSA) is 78.4 Å². The summed E-state index contributed by atoms with van der Waals surface area (Å²) in [5, 5.41) is 14.2. The highest BCUT2D eigenvalue weighted by molar-refractivity contribution is 5.74. The highest BCUT2D eigenvalue weighted by Gasteiger charge is 2.16. The van der Waals surface area contributed by atoms with Crippen LogP contribution in [0.25, 0.3) is 0 Å². The fourth-order valence-corrected chi connectivity index (χ4v) is 1.71. The lowest BCUT2D eigenvalue weighted by Gasteiger charge is -2.18. The van der Waals surface area contributed by atoms with Gasteiger partial charge in [-0.05, 0) is 25.2 Å². The third kappa shape index (κ3) is 8.61. The Morgan fingerprint density at radius 1 is 1.33 bits per heavy atom. The lowest BCUT2D eigenvalue weighted by Crippen LogP contribution is -2.42. The molecule has 0 heterocycles. The summed E-state index contributed by atoms with van der Waals surface area (Å²) in [6.45, 7) is 9.83. The maximum Gasteiger partial charge on any atom is 0.315 e. The van der Waals surface area contributed by atoms with E-state index in [9.17, 15) is 9.59 Å². The number of carboxylic acid groups (broad SMARTS) is 1. The van der Waals surface area contributed by atoms with Crippen LogP contribution in [0.4, 0.5) is 4.79 Å². The van der Waals surface area contributed by atoms with Crippen LogP contribution >= 0.6 is 0 Å². The van der Waals surface area contributed by atoms with E-state index in [2.05, 4.69) is 17.2 Å². The van der Waals surface area contributed by atoms with Crippen molar-refractivity contribution in [2.24, 2.45) is 11.8 Å². The summed E-state index contributed by atoms with van der Waals surface area (Å²) in [4.78, 5) is 22.2. The molecule has 3 N–H and O–H groups in total. The minimum atomic E-state index is -0.831. The first-order valence-electron chi connectivity index (χ1n) is 6.23. The van der Waals surface area contributed by atoms with Gasteiger partial charge in [-0.2, -0.15) is 0 Å². The summed E-state index contributed by atoms with van der Waals surface area (Å²) in [5.41, 5.74) is 0. The van der Waals surface area contributed by atoms with Crippen molar-refractivity contribution in [1.82, 2.24) is 10.6 Å². The van der Waals surface area contributed by atoms with Gasteiger partial charge in [-0.1, -0.05) is 19.9 Å². The van der Waals surface area contributed by atoms with Gasteiger partial charge in [0.25, 0.3) is 0 Å². The van der Waals surface area contributed by atoms with E-state index in [1.807, 2.05) is 20.8 Å². The van der Waals surface area contributed by atoms with Gasteiger partial charge in [0.15, 0.2) is 0 Å². The molecule has 0 aromatic rings. The molecular weight excluding hydrogens is 232 g/mol. The van der Waals surface area contributed by atoms with Gasteiger partial charge < -0.3 is 15.7 Å². The number of hydrogen-bond acceptors (Lipinski definition) is 2. The van der Waals surface area contributed by atoms with E-state index in [0.29, 0.717) is 12.5 Å². The number of carbonyl (C=O) groups excluding carboxylic acids is 1. The monoisotopic (exact) mass is 256 g/mol. The van der Waals surface area contributed by atoms with E-state index < -0.39 is 5.97 Å². The summed E-state index contributed by atoms with van der Waals surface area (Å²) in [7, 11) is 0. The van der Waals surface area contributed by atoms with E-state index in [4.69, 9.17) is 5.11 Å². The third-order valence-corrected chi connectivity index (χ3v) is 2.53. The zero-order chi connectivity index (χ0) is 14.1. The Morgan fingerprint density at radius 3 is 2.39 bits per heavy atom. The summed E-state index contributed by atoms with van der Waals surface area (Å²) in [6.07, 6.45) is 2.49. The number of urea groups is 1. The van der Waals surface area contributed by atoms with Gasteiger partial charge in [-0.25, -0.2) is 4.79 Å². The quantitative estimate of drug-likeness (QED) is 0.581. The second kappa shape index (κ2) is 8.55. The molecule has 0 bridgehead atoms. The molecule has 0 fully saturated rings. The number of rotatable bonds is 8. The van der Waals surface area contributed by atoms with Crippen LogP contribution in [0, 0.1) is 11.8 Å². The van der Waals surface area contributed by atoms with Gasteiger partial charge >= 0.3 is 12.0 Å². The van der Waals surface area contributed by atoms with E-state index in [-0.39, 0.29) is 24.4 Å². The van der Waals surface area contributed by atoms with Crippen LogP contribution in [-0.4, -0.2) is 29.7 Å². The van der Waals surface area contributed by atoms with Gasteiger partial charge in [-0.3, -0.25) is 4.79 Å². The smallest absolute Gasteiger partial charge is 0.315 e. The van der Waals surface area contributed by atoms with Crippen molar-refractivity contribution in [1.29, 1.82) is 0 Å². The minimum Gasteiger partial charge on any atom is -0.481 e. The van der Waals surface area contributed by atoms with Gasteiger partial charge in [-0.15, -0.1) is 6.58 Å². The molecule has 2 atom stereocenters. The first-order chi connectivity index (χ1) is 8.35. The fraction of sp³-hybridized carbons (Fsp3) is 0.692. The van der Waals surface area contributed by atoms with Crippen molar-refractivity contribution in [2.45, 2.75) is 39.7 Å². The highest BCUT2D eigenvalue weighted by Crippen LogP contribution is 2.14. The predicted molar refractivity (Wildman–Crippen MR) is 71.4 cm³/mol. The van der Waals surface area contributed by atoms with Crippen molar-refractivity contribution in [3.63, 3.8) is 0 Å². The number of carboxylic acids is 1. The normalized spacial score (nSPS) is 13.8. The molecule has 0 saturated carbocycles. The van der Waals surface area contributed by atoms with Crippen LogP contribution in [-0.2, 0) is 4.79 Å². The van der Waals surface area contributed by atoms with E-state index >= 15 is 0 Å². The summed E-state index contributed by atoms with van der Waals surface area (Å²) in [6, 6.07) is -0.394. The molecular formula is C13H24N2O3. The highest BCUT2D eigenvalue weighted by atomic mass is 16.4. The van der Waals surface area contributed by atoms with Crippen LogP contribution in [0.2, 0.25) is 0 Å². The third-order valence-electron chi connectivity index (χ3n) is 2.53. The molecule has 0 rings (SSSR count). The van der Waals surface area contributed by atoms with Crippen LogP contribution in [0.1, 0.15) is 33.6 Å².